The van der Waals surface area contributed by atoms with Gasteiger partial charge in [-0.1, -0.05) is 48.7 Å². The minimum Gasteiger partial charge on any atom is -0.421 e. The second-order valence-electron chi connectivity index (χ2n) is 6.01. The molecule has 3 rings (SSSR count). The number of carbonyl (C=O) groups is 1. The number of hydrogen-bond donors (Lipinski definition) is 1. The summed E-state index contributed by atoms with van der Waals surface area (Å²) in [6.07, 6.45) is 3.25. The third-order valence-electron chi connectivity index (χ3n) is 4.03. The molecule has 2 aromatic carbocycles. The molecular formula is C20H17Cl2NO3. The molecule has 0 aliphatic carbocycles. The molecule has 0 bridgehead atoms. The molecule has 0 fully saturated rings. The van der Waals surface area contributed by atoms with Crippen LogP contribution in [0.1, 0.15) is 35.7 Å². The molecule has 1 amide bonds. The molecule has 0 spiro atoms. The molecule has 134 valence electrons. The lowest BCUT2D eigenvalue weighted by Crippen LogP contribution is -2.20. The molecule has 0 saturated heterocycles. The van der Waals surface area contributed by atoms with Gasteiger partial charge in [0.1, 0.15) is 5.56 Å². The van der Waals surface area contributed by atoms with Gasteiger partial charge < -0.3 is 9.73 Å². The molecule has 0 saturated carbocycles. The quantitative estimate of drug-likeness (QED) is 0.569. The van der Waals surface area contributed by atoms with Gasteiger partial charge >= 0.3 is 5.63 Å². The Labute approximate surface area is 160 Å². The van der Waals surface area contributed by atoms with E-state index in [4.69, 9.17) is 27.6 Å². The third-order valence-corrected chi connectivity index (χ3v) is 4.53. The van der Waals surface area contributed by atoms with E-state index in [-0.39, 0.29) is 16.2 Å². The van der Waals surface area contributed by atoms with E-state index in [1.165, 1.54) is 17.7 Å². The van der Waals surface area contributed by atoms with Gasteiger partial charge in [0.25, 0.3) is 5.91 Å². The van der Waals surface area contributed by atoms with Crippen LogP contribution in [0.4, 0.5) is 5.69 Å². The summed E-state index contributed by atoms with van der Waals surface area (Å²) in [4.78, 5) is 24.6. The number of halogens is 2. The van der Waals surface area contributed by atoms with Crippen LogP contribution in [-0.2, 0) is 6.42 Å². The van der Waals surface area contributed by atoms with Crippen LogP contribution in [0, 0.1) is 0 Å². The van der Waals surface area contributed by atoms with Crippen LogP contribution in [0.5, 0.6) is 0 Å². The van der Waals surface area contributed by atoms with E-state index < -0.39 is 11.5 Å². The molecular weight excluding hydrogens is 373 g/mol. The molecule has 1 aromatic heterocycles. The van der Waals surface area contributed by atoms with Crippen molar-refractivity contribution in [2.75, 3.05) is 5.32 Å². The Kier molecular flexibility index (Phi) is 5.64. The lowest BCUT2D eigenvalue weighted by Gasteiger charge is -2.07. The molecule has 4 nitrogen and oxygen atoms in total. The normalized spacial score (nSPS) is 10.9. The van der Waals surface area contributed by atoms with Gasteiger partial charge in [0, 0.05) is 16.1 Å². The maximum absolute atomic E-state index is 12.5. The summed E-state index contributed by atoms with van der Waals surface area (Å²) in [6.45, 7) is 2.14. The molecule has 0 unspecified atom stereocenters. The van der Waals surface area contributed by atoms with E-state index in [2.05, 4.69) is 12.2 Å². The Hall–Kier alpha value is -2.30. The van der Waals surface area contributed by atoms with E-state index in [1.807, 2.05) is 24.3 Å². The van der Waals surface area contributed by atoms with Gasteiger partial charge in [-0.05, 0) is 48.7 Å². The topological polar surface area (TPSA) is 59.3 Å². The molecule has 1 heterocycles. The van der Waals surface area contributed by atoms with Gasteiger partial charge in [-0.2, -0.15) is 0 Å². The first-order valence-electron chi connectivity index (χ1n) is 8.31. The fraction of sp³-hybridized carbons (Fsp3) is 0.200. The van der Waals surface area contributed by atoms with Crippen LogP contribution < -0.4 is 10.9 Å². The zero-order chi connectivity index (χ0) is 18.7. The van der Waals surface area contributed by atoms with Gasteiger partial charge in [0.15, 0.2) is 5.58 Å². The number of hydrogen-bond acceptors (Lipinski definition) is 3. The lowest BCUT2D eigenvalue weighted by atomic mass is 10.1. The van der Waals surface area contributed by atoms with Crippen LogP contribution >= 0.6 is 23.2 Å². The number of nitrogens with one attached hydrogen (secondary N) is 1. The van der Waals surface area contributed by atoms with Crippen molar-refractivity contribution in [2.45, 2.75) is 26.2 Å². The van der Waals surface area contributed by atoms with Crippen LogP contribution in [0.15, 0.2) is 51.7 Å². The lowest BCUT2D eigenvalue weighted by molar-refractivity contribution is 0.102. The van der Waals surface area contributed by atoms with Crippen molar-refractivity contribution in [1.82, 2.24) is 0 Å². The summed E-state index contributed by atoms with van der Waals surface area (Å²) in [6, 6.07) is 12.1. The van der Waals surface area contributed by atoms with E-state index in [0.29, 0.717) is 16.1 Å². The fourth-order valence-corrected chi connectivity index (χ4v) is 3.20. The fourth-order valence-electron chi connectivity index (χ4n) is 2.65. The number of aryl methyl sites for hydroxylation is 1. The largest absolute Gasteiger partial charge is 0.421 e. The van der Waals surface area contributed by atoms with Gasteiger partial charge in [-0.3, -0.25) is 4.79 Å². The Morgan fingerprint density at radius 3 is 2.54 bits per heavy atom. The van der Waals surface area contributed by atoms with E-state index in [1.54, 1.807) is 6.07 Å². The van der Waals surface area contributed by atoms with Crippen LogP contribution in [0.2, 0.25) is 10.0 Å². The predicted octanol–water partition coefficient (Wildman–Crippen LogP) is 5.69. The van der Waals surface area contributed by atoms with Crippen molar-refractivity contribution >= 4 is 45.8 Å². The first-order valence-corrected chi connectivity index (χ1v) is 9.06. The van der Waals surface area contributed by atoms with Gasteiger partial charge in [-0.25, -0.2) is 4.79 Å². The smallest absolute Gasteiger partial charge is 0.349 e. The summed E-state index contributed by atoms with van der Waals surface area (Å²) in [5.41, 5.74) is 1.17. The van der Waals surface area contributed by atoms with Crippen LogP contribution in [-0.4, -0.2) is 5.91 Å². The van der Waals surface area contributed by atoms with E-state index in [0.717, 1.165) is 19.3 Å². The number of rotatable bonds is 5. The SMILES string of the molecule is CCCCc1ccc(NC(=O)c2cc3cc(Cl)cc(Cl)c3oc2=O)cc1. The van der Waals surface area contributed by atoms with Gasteiger partial charge in [0.2, 0.25) is 0 Å². The number of benzene rings is 2. The standard InChI is InChI=1S/C20H17Cl2NO3/c1-2-3-4-12-5-7-15(8-6-12)23-19(24)16-10-13-9-14(21)11-17(22)18(13)26-20(16)25/h5-11H,2-4H2,1H3,(H,23,24). The minimum atomic E-state index is -0.751. The number of amides is 1. The average Bonchev–Trinajstić information content (AvgIpc) is 2.61. The summed E-state index contributed by atoms with van der Waals surface area (Å²) in [7, 11) is 0. The monoisotopic (exact) mass is 389 g/mol. The van der Waals surface area contributed by atoms with Crippen molar-refractivity contribution in [1.29, 1.82) is 0 Å². The third kappa shape index (κ3) is 4.09. The zero-order valence-electron chi connectivity index (χ0n) is 14.1. The first kappa shape index (κ1) is 18.5. The highest BCUT2D eigenvalue weighted by Gasteiger charge is 2.16. The first-order chi connectivity index (χ1) is 12.5. The maximum atomic E-state index is 12.5. The maximum Gasteiger partial charge on any atom is 0.349 e. The number of unbranched alkanes of at least 4 members (excludes halogenated alkanes) is 1. The highest BCUT2D eigenvalue weighted by molar-refractivity contribution is 6.38. The van der Waals surface area contributed by atoms with Crippen LogP contribution in [0.3, 0.4) is 0 Å². The Morgan fingerprint density at radius 2 is 1.85 bits per heavy atom. The summed E-state index contributed by atoms with van der Waals surface area (Å²) in [5, 5.41) is 3.81. The number of fused-ring (bicyclic) bond motifs is 1. The highest BCUT2D eigenvalue weighted by Crippen LogP contribution is 2.27. The Morgan fingerprint density at radius 1 is 1.12 bits per heavy atom. The molecule has 0 radical (unpaired) electrons. The summed E-state index contributed by atoms with van der Waals surface area (Å²) < 4.78 is 5.19. The second kappa shape index (κ2) is 7.94. The highest BCUT2D eigenvalue weighted by atomic mass is 35.5. The molecule has 0 aliphatic rings. The molecule has 1 N–H and O–H groups in total. The van der Waals surface area contributed by atoms with E-state index >= 15 is 0 Å². The van der Waals surface area contributed by atoms with Gasteiger partial charge in [0.05, 0.1) is 5.02 Å². The van der Waals surface area contributed by atoms with Crippen molar-refractivity contribution < 1.29 is 9.21 Å². The number of anilines is 1. The molecule has 3 aromatic rings. The second-order valence-corrected chi connectivity index (χ2v) is 6.85. The predicted molar refractivity (Wildman–Crippen MR) is 106 cm³/mol. The van der Waals surface area contributed by atoms with Crippen molar-refractivity contribution in [3.63, 3.8) is 0 Å². The Bertz CT molecular complexity index is 1010. The summed E-state index contributed by atoms with van der Waals surface area (Å²) >= 11 is 12.0. The molecule has 0 aliphatic heterocycles. The van der Waals surface area contributed by atoms with Crippen LogP contribution in [0.25, 0.3) is 11.0 Å². The summed E-state index contributed by atoms with van der Waals surface area (Å²) in [5.74, 6) is -0.543. The van der Waals surface area contributed by atoms with Crippen molar-refractivity contribution in [2.24, 2.45) is 0 Å². The molecule has 0 atom stereocenters. The van der Waals surface area contributed by atoms with Crippen molar-refractivity contribution in [3.8, 4) is 0 Å². The van der Waals surface area contributed by atoms with Gasteiger partial charge in [-0.15, -0.1) is 0 Å². The average molecular weight is 390 g/mol. The Balaban J connectivity index is 1.85. The minimum absolute atomic E-state index is 0.106. The molecule has 26 heavy (non-hydrogen) atoms. The number of carbonyl (C=O) groups excluding carboxylic acids is 1. The van der Waals surface area contributed by atoms with E-state index in [9.17, 15) is 9.59 Å². The van der Waals surface area contributed by atoms with Crippen molar-refractivity contribution in [3.05, 3.63) is 74.1 Å². The molecule has 6 heteroatoms. The zero-order valence-corrected chi connectivity index (χ0v) is 15.7.